The van der Waals surface area contributed by atoms with Crippen LogP contribution in [0.1, 0.15) is 6.92 Å². The summed E-state index contributed by atoms with van der Waals surface area (Å²) >= 11 is 0. The van der Waals surface area contributed by atoms with Crippen molar-refractivity contribution in [2.24, 2.45) is 0 Å². The maximum Gasteiger partial charge on any atom is 0.357 e. The van der Waals surface area contributed by atoms with Gasteiger partial charge in [0.25, 0.3) is 0 Å². The van der Waals surface area contributed by atoms with Crippen molar-refractivity contribution in [3.63, 3.8) is 0 Å². The van der Waals surface area contributed by atoms with E-state index >= 15 is 0 Å². The standard InChI is InChI=1S/C9H14N2O3S/c1-3-11(2)9-6-4-8(5-7-9)10-15(12,13)14/h4-7,10H,3H2,1-2H3,(H,12,13,14). The van der Waals surface area contributed by atoms with E-state index in [0.717, 1.165) is 12.2 Å². The summed E-state index contributed by atoms with van der Waals surface area (Å²) in [5.74, 6) is 0. The summed E-state index contributed by atoms with van der Waals surface area (Å²) in [6.45, 7) is 2.88. The molecule has 0 fully saturated rings. The highest BCUT2D eigenvalue weighted by Gasteiger charge is 2.04. The first-order chi connectivity index (χ1) is 6.92. The summed E-state index contributed by atoms with van der Waals surface area (Å²) in [7, 11) is -2.24. The average molecular weight is 230 g/mol. The largest absolute Gasteiger partial charge is 0.375 e. The van der Waals surface area contributed by atoms with E-state index in [1.165, 1.54) is 0 Å². The van der Waals surface area contributed by atoms with E-state index in [4.69, 9.17) is 4.55 Å². The van der Waals surface area contributed by atoms with E-state index < -0.39 is 10.3 Å². The maximum absolute atomic E-state index is 10.5. The molecular formula is C9H14N2O3S. The third-order valence-electron chi connectivity index (χ3n) is 2.03. The fourth-order valence-electron chi connectivity index (χ4n) is 1.12. The van der Waals surface area contributed by atoms with Crippen LogP contribution in [0.3, 0.4) is 0 Å². The van der Waals surface area contributed by atoms with Crippen LogP contribution in [0.25, 0.3) is 0 Å². The molecule has 0 saturated heterocycles. The molecule has 0 aliphatic heterocycles. The number of benzene rings is 1. The number of anilines is 2. The Morgan fingerprint density at radius 1 is 1.33 bits per heavy atom. The lowest BCUT2D eigenvalue weighted by molar-refractivity contribution is 0.490. The molecule has 0 heterocycles. The quantitative estimate of drug-likeness (QED) is 0.766. The molecule has 0 aliphatic rings. The molecule has 0 aliphatic carbocycles. The molecule has 0 saturated carbocycles. The highest BCUT2D eigenvalue weighted by molar-refractivity contribution is 7.87. The number of nitrogens with zero attached hydrogens (tertiary/aromatic N) is 1. The van der Waals surface area contributed by atoms with Crippen LogP contribution >= 0.6 is 0 Å². The van der Waals surface area contributed by atoms with Gasteiger partial charge in [0.15, 0.2) is 0 Å². The predicted molar refractivity (Wildman–Crippen MR) is 60.6 cm³/mol. The molecule has 0 radical (unpaired) electrons. The van der Waals surface area contributed by atoms with Gasteiger partial charge in [-0.3, -0.25) is 9.27 Å². The first-order valence-corrected chi connectivity index (χ1v) is 5.93. The van der Waals surface area contributed by atoms with Crippen LogP contribution in [0.5, 0.6) is 0 Å². The van der Waals surface area contributed by atoms with Crippen LogP contribution in [-0.4, -0.2) is 26.6 Å². The topological polar surface area (TPSA) is 69.6 Å². The normalized spacial score (nSPS) is 11.1. The Balaban J connectivity index is 2.81. The van der Waals surface area contributed by atoms with Crippen molar-refractivity contribution in [3.8, 4) is 0 Å². The SMILES string of the molecule is CCN(C)c1ccc(NS(=O)(=O)O)cc1. The number of hydrogen-bond donors (Lipinski definition) is 2. The summed E-state index contributed by atoms with van der Waals surface area (Å²) in [6, 6.07) is 6.73. The minimum atomic E-state index is -4.18. The van der Waals surface area contributed by atoms with E-state index in [-0.39, 0.29) is 0 Å². The van der Waals surface area contributed by atoms with E-state index in [2.05, 4.69) is 0 Å². The molecule has 1 aromatic carbocycles. The van der Waals surface area contributed by atoms with Crippen molar-refractivity contribution in [1.29, 1.82) is 0 Å². The molecule has 1 rings (SSSR count). The van der Waals surface area contributed by atoms with Crippen molar-refractivity contribution < 1.29 is 13.0 Å². The van der Waals surface area contributed by atoms with E-state index in [0.29, 0.717) is 5.69 Å². The maximum atomic E-state index is 10.5. The van der Waals surface area contributed by atoms with Gasteiger partial charge >= 0.3 is 10.3 Å². The zero-order valence-electron chi connectivity index (χ0n) is 8.64. The second kappa shape index (κ2) is 4.50. The monoisotopic (exact) mass is 230 g/mol. The Hall–Kier alpha value is -1.27. The Morgan fingerprint density at radius 2 is 1.87 bits per heavy atom. The van der Waals surface area contributed by atoms with Gasteiger partial charge < -0.3 is 4.90 Å². The van der Waals surface area contributed by atoms with Gasteiger partial charge in [0.2, 0.25) is 0 Å². The van der Waals surface area contributed by atoms with Gasteiger partial charge in [-0.05, 0) is 31.2 Å². The van der Waals surface area contributed by atoms with Crippen LogP contribution in [0, 0.1) is 0 Å². The Kier molecular flexibility index (Phi) is 3.54. The van der Waals surface area contributed by atoms with Gasteiger partial charge in [0.1, 0.15) is 0 Å². The smallest absolute Gasteiger partial charge is 0.357 e. The average Bonchev–Trinajstić information content (AvgIpc) is 2.15. The van der Waals surface area contributed by atoms with Gasteiger partial charge in [0.05, 0.1) is 5.69 Å². The summed E-state index contributed by atoms with van der Waals surface area (Å²) in [5.41, 5.74) is 1.32. The van der Waals surface area contributed by atoms with Crippen molar-refractivity contribution >= 4 is 21.7 Å². The van der Waals surface area contributed by atoms with E-state index in [1.54, 1.807) is 24.3 Å². The fourth-order valence-corrected chi connectivity index (χ4v) is 1.55. The number of hydrogen-bond acceptors (Lipinski definition) is 3. The van der Waals surface area contributed by atoms with E-state index in [1.807, 2.05) is 23.6 Å². The number of rotatable bonds is 4. The molecule has 0 amide bonds. The third-order valence-corrected chi connectivity index (χ3v) is 2.52. The van der Waals surface area contributed by atoms with Crippen molar-refractivity contribution in [2.75, 3.05) is 23.2 Å². The summed E-state index contributed by atoms with van der Waals surface area (Å²) in [5, 5.41) is 0. The molecule has 0 spiro atoms. The minimum absolute atomic E-state index is 0.339. The second-order valence-electron chi connectivity index (χ2n) is 3.14. The zero-order chi connectivity index (χ0) is 11.5. The molecule has 15 heavy (non-hydrogen) atoms. The molecule has 0 atom stereocenters. The van der Waals surface area contributed by atoms with Gasteiger partial charge in [-0.2, -0.15) is 8.42 Å². The summed E-state index contributed by atoms with van der Waals surface area (Å²) in [6.07, 6.45) is 0. The Labute approximate surface area is 89.6 Å². The van der Waals surface area contributed by atoms with Gasteiger partial charge in [-0.25, -0.2) is 0 Å². The van der Waals surface area contributed by atoms with Gasteiger partial charge in [0, 0.05) is 19.3 Å². The lowest BCUT2D eigenvalue weighted by atomic mass is 10.2. The molecule has 5 nitrogen and oxygen atoms in total. The van der Waals surface area contributed by atoms with Crippen molar-refractivity contribution in [3.05, 3.63) is 24.3 Å². The molecule has 2 N–H and O–H groups in total. The lowest BCUT2D eigenvalue weighted by Crippen LogP contribution is -2.15. The molecular weight excluding hydrogens is 216 g/mol. The van der Waals surface area contributed by atoms with E-state index in [9.17, 15) is 8.42 Å². The summed E-state index contributed by atoms with van der Waals surface area (Å²) < 4.78 is 31.5. The highest BCUT2D eigenvalue weighted by atomic mass is 32.2. The molecule has 84 valence electrons. The van der Waals surface area contributed by atoms with Gasteiger partial charge in [-0.1, -0.05) is 0 Å². The van der Waals surface area contributed by atoms with Crippen LogP contribution in [0.4, 0.5) is 11.4 Å². The fraction of sp³-hybridized carbons (Fsp3) is 0.333. The first-order valence-electron chi connectivity index (χ1n) is 4.49. The van der Waals surface area contributed by atoms with Gasteiger partial charge in [-0.15, -0.1) is 0 Å². The molecule has 0 unspecified atom stereocenters. The van der Waals surface area contributed by atoms with Crippen LogP contribution in [0.15, 0.2) is 24.3 Å². The molecule has 0 aromatic heterocycles. The summed E-state index contributed by atoms with van der Waals surface area (Å²) in [4.78, 5) is 2.01. The number of nitrogens with one attached hydrogen (secondary N) is 1. The predicted octanol–water partition coefficient (Wildman–Crippen LogP) is 1.36. The van der Waals surface area contributed by atoms with Crippen LogP contribution in [0.2, 0.25) is 0 Å². The van der Waals surface area contributed by atoms with Crippen molar-refractivity contribution in [1.82, 2.24) is 0 Å². The van der Waals surface area contributed by atoms with Crippen LogP contribution in [-0.2, 0) is 10.3 Å². The highest BCUT2D eigenvalue weighted by Crippen LogP contribution is 2.16. The van der Waals surface area contributed by atoms with Crippen LogP contribution < -0.4 is 9.62 Å². The second-order valence-corrected chi connectivity index (χ2v) is 4.29. The lowest BCUT2D eigenvalue weighted by Gasteiger charge is -2.16. The van der Waals surface area contributed by atoms with Crippen molar-refractivity contribution in [2.45, 2.75) is 6.92 Å². The Bertz CT molecular complexity index is 413. The Morgan fingerprint density at radius 3 is 2.27 bits per heavy atom. The minimum Gasteiger partial charge on any atom is -0.375 e. The zero-order valence-corrected chi connectivity index (χ0v) is 9.45. The third kappa shape index (κ3) is 3.77. The molecule has 1 aromatic rings. The molecule has 6 heteroatoms. The first kappa shape index (κ1) is 11.8. The molecule has 0 bridgehead atoms.